The van der Waals surface area contributed by atoms with E-state index in [2.05, 4.69) is 10.3 Å². The summed E-state index contributed by atoms with van der Waals surface area (Å²) in [4.78, 5) is 28.6. The van der Waals surface area contributed by atoms with Gasteiger partial charge in [0.1, 0.15) is 5.82 Å². The molecule has 1 atom stereocenters. The van der Waals surface area contributed by atoms with Gasteiger partial charge < -0.3 is 10.2 Å². The first-order chi connectivity index (χ1) is 12.0. The number of hydrogen-bond donors (Lipinski definition) is 1. The van der Waals surface area contributed by atoms with E-state index < -0.39 is 0 Å². The molecular weight excluding hydrogens is 320 g/mol. The number of amides is 1. The summed E-state index contributed by atoms with van der Waals surface area (Å²) < 4.78 is 0. The Kier molecular flexibility index (Phi) is 4.65. The molecule has 2 heterocycles. The van der Waals surface area contributed by atoms with Crippen LogP contribution in [0.3, 0.4) is 0 Å². The highest BCUT2D eigenvalue weighted by Gasteiger charge is 2.22. The first-order valence-corrected chi connectivity index (χ1v) is 8.24. The number of nitrogens with one attached hydrogen (secondary N) is 1. The van der Waals surface area contributed by atoms with Crippen molar-refractivity contribution >= 4 is 23.1 Å². The smallest absolute Gasteiger partial charge is 0.272 e. The van der Waals surface area contributed by atoms with Gasteiger partial charge in [-0.2, -0.15) is 0 Å². The van der Waals surface area contributed by atoms with Crippen LogP contribution in [-0.2, 0) is 4.79 Å². The molecule has 0 aliphatic carbocycles. The number of rotatable bonds is 5. The zero-order chi connectivity index (χ0) is 18.0. The number of nitro groups is 1. The van der Waals surface area contributed by atoms with Crippen LogP contribution in [0.4, 0.5) is 17.2 Å². The second kappa shape index (κ2) is 6.88. The Morgan fingerprint density at radius 3 is 2.72 bits per heavy atom. The van der Waals surface area contributed by atoms with Crippen LogP contribution in [0.25, 0.3) is 0 Å². The standard InChI is InChI=1S/C18H20N4O3/c1-12-15(5-3-6-16(12)22(24)25)13(2)20-17-9-8-14(11-19-17)21-10-4-7-18(21)23/h3,5-6,8-9,11,13H,4,7,10H2,1-2H3,(H,19,20). The summed E-state index contributed by atoms with van der Waals surface area (Å²) in [6.07, 6.45) is 3.14. The fourth-order valence-electron chi connectivity index (χ4n) is 3.16. The van der Waals surface area contributed by atoms with E-state index in [9.17, 15) is 14.9 Å². The normalized spacial score (nSPS) is 15.3. The fourth-order valence-corrected chi connectivity index (χ4v) is 3.16. The van der Waals surface area contributed by atoms with Crippen LogP contribution in [0.2, 0.25) is 0 Å². The Balaban J connectivity index is 1.75. The summed E-state index contributed by atoms with van der Waals surface area (Å²) >= 11 is 0. The molecule has 0 spiro atoms. The minimum absolute atomic E-state index is 0.113. The topological polar surface area (TPSA) is 88.4 Å². The molecule has 1 unspecified atom stereocenters. The molecule has 1 fully saturated rings. The molecule has 1 aromatic heterocycles. The van der Waals surface area contributed by atoms with Gasteiger partial charge in [-0.25, -0.2) is 4.98 Å². The van der Waals surface area contributed by atoms with Crippen LogP contribution in [0.1, 0.15) is 36.9 Å². The molecule has 1 amide bonds. The van der Waals surface area contributed by atoms with Crippen molar-refractivity contribution in [2.45, 2.75) is 32.7 Å². The van der Waals surface area contributed by atoms with Crippen molar-refractivity contribution in [3.63, 3.8) is 0 Å². The van der Waals surface area contributed by atoms with Crippen molar-refractivity contribution in [1.82, 2.24) is 4.98 Å². The average molecular weight is 340 g/mol. The van der Waals surface area contributed by atoms with Crippen LogP contribution < -0.4 is 10.2 Å². The second-order valence-electron chi connectivity index (χ2n) is 6.17. The maximum atomic E-state index is 11.8. The van der Waals surface area contributed by atoms with E-state index >= 15 is 0 Å². The Morgan fingerprint density at radius 1 is 1.32 bits per heavy atom. The molecule has 1 aliphatic rings. The van der Waals surface area contributed by atoms with Gasteiger partial charge in [0.05, 0.1) is 22.8 Å². The van der Waals surface area contributed by atoms with Gasteiger partial charge in [0, 0.05) is 24.6 Å². The number of benzene rings is 1. The van der Waals surface area contributed by atoms with E-state index in [1.807, 2.05) is 25.1 Å². The first-order valence-electron chi connectivity index (χ1n) is 8.24. The SMILES string of the molecule is Cc1c(C(C)Nc2ccc(N3CCCC3=O)cn2)cccc1[N+](=O)[O-]. The minimum atomic E-state index is -0.369. The molecule has 1 N–H and O–H groups in total. The van der Waals surface area contributed by atoms with E-state index in [0.717, 1.165) is 24.2 Å². The van der Waals surface area contributed by atoms with Crippen molar-refractivity contribution in [3.05, 3.63) is 57.8 Å². The molecule has 130 valence electrons. The summed E-state index contributed by atoms with van der Waals surface area (Å²) in [6.45, 7) is 4.42. The van der Waals surface area contributed by atoms with Crippen LogP contribution in [-0.4, -0.2) is 22.4 Å². The molecule has 3 rings (SSSR count). The van der Waals surface area contributed by atoms with E-state index in [4.69, 9.17) is 0 Å². The third kappa shape index (κ3) is 3.45. The van der Waals surface area contributed by atoms with Gasteiger partial charge in [-0.05, 0) is 38.0 Å². The molecule has 1 aliphatic heterocycles. The maximum absolute atomic E-state index is 11.8. The van der Waals surface area contributed by atoms with Gasteiger partial charge in [-0.15, -0.1) is 0 Å². The summed E-state index contributed by atoms with van der Waals surface area (Å²) in [7, 11) is 0. The number of pyridine rings is 1. The summed E-state index contributed by atoms with van der Waals surface area (Å²) in [5.74, 6) is 0.789. The number of aromatic nitrogens is 1. The monoisotopic (exact) mass is 340 g/mol. The van der Waals surface area contributed by atoms with Crippen molar-refractivity contribution in [3.8, 4) is 0 Å². The van der Waals surface area contributed by atoms with Gasteiger partial charge >= 0.3 is 0 Å². The molecule has 7 heteroatoms. The summed E-state index contributed by atoms with van der Waals surface area (Å²) in [6, 6.07) is 8.62. The number of anilines is 2. The largest absolute Gasteiger partial charge is 0.364 e. The molecule has 2 aromatic rings. The number of carbonyl (C=O) groups excluding carboxylic acids is 1. The van der Waals surface area contributed by atoms with Crippen LogP contribution in [0, 0.1) is 17.0 Å². The zero-order valence-corrected chi connectivity index (χ0v) is 14.2. The van der Waals surface area contributed by atoms with Gasteiger partial charge in [0.2, 0.25) is 5.91 Å². The predicted octanol–water partition coefficient (Wildman–Crippen LogP) is 3.60. The first kappa shape index (κ1) is 16.9. The number of nitrogens with zero attached hydrogens (tertiary/aromatic N) is 3. The van der Waals surface area contributed by atoms with Gasteiger partial charge in [-0.3, -0.25) is 14.9 Å². The number of nitro benzene ring substituents is 1. The summed E-state index contributed by atoms with van der Waals surface area (Å²) in [5.41, 5.74) is 2.41. The Bertz CT molecular complexity index is 804. The molecule has 1 aromatic carbocycles. The Labute approximate surface area is 145 Å². The van der Waals surface area contributed by atoms with E-state index in [-0.39, 0.29) is 22.6 Å². The Morgan fingerprint density at radius 2 is 2.12 bits per heavy atom. The molecule has 1 saturated heterocycles. The second-order valence-corrected chi connectivity index (χ2v) is 6.17. The van der Waals surface area contributed by atoms with Crippen LogP contribution in [0.5, 0.6) is 0 Å². The third-order valence-electron chi connectivity index (χ3n) is 4.51. The van der Waals surface area contributed by atoms with Gasteiger partial charge in [0.15, 0.2) is 0 Å². The lowest BCUT2D eigenvalue weighted by Crippen LogP contribution is -2.23. The molecule has 0 radical (unpaired) electrons. The predicted molar refractivity (Wildman–Crippen MR) is 95.7 cm³/mol. The highest BCUT2D eigenvalue weighted by Crippen LogP contribution is 2.28. The lowest BCUT2D eigenvalue weighted by Gasteiger charge is -2.19. The van der Waals surface area contributed by atoms with Gasteiger partial charge in [-0.1, -0.05) is 12.1 Å². The van der Waals surface area contributed by atoms with E-state index in [1.54, 1.807) is 24.1 Å². The van der Waals surface area contributed by atoms with Crippen LogP contribution >= 0.6 is 0 Å². The molecule has 25 heavy (non-hydrogen) atoms. The van der Waals surface area contributed by atoms with Crippen molar-refractivity contribution < 1.29 is 9.72 Å². The van der Waals surface area contributed by atoms with Crippen molar-refractivity contribution in [2.24, 2.45) is 0 Å². The number of carbonyl (C=O) groups is 1. The minimum Gasteiger partial charge on any atom is -0.364 e. The third-order valence-corrected chi connectivity index (χ3v) is 4.51. The van der Waals surface area contributed by atoms with Crippen molar-refractivity contribution in [2.75, 3.05) is 16.8 Å². The molecule has 0 bridgehead atoms. The fraction of sp³-hybridized carbons (Fsp3) is 0.333. The highest BCUT2D eigenvalue weighted by molar-refractivity contribution is 5.95. The molecule has 0 saturated carbocycles. The molecular formula is C18H20N4O3. The van der Waals surface area contributed by atoms with Gasteiger partial charge in [0.25, 0.3) is 5.69 Å². The average Bonchev–Trinajstić information content (AvgIpc) is 3.01. The highest BCUT2D eigenvalue weighted by atomic mass is 16.6. The Hall–Kier alpha value is -2.96. The zero-order valence-electron chi connectivity index (χ0n) is 14.2. The quantitative estimate of drug-likeness (QED) is 0.663. The molecule has 7 nitrogen and oxygen atoms in total. The number of hydrogen-bond acceptors (Lipinski definition) is 5. The van der Waals surface area contributed by atoms with Crippen LogP contribution in [0.15, 0.2) is 36.5 Å². The summed E-state index contributed by atoms with van der Waals surface area (Å²) in [5, 5.41) is 14.3. The maximum Gasteiger partial charge on any atom is 0.272 e. The van der Waals surface area contributed by atoms with E-state index in [1.165, 1.54) is 6.07 Å². The lowest BCUT2D eigenvalue weighted by molar-refractivity contribution is -0.385. The lowest BCUT2D eigenvalue weighted by atomic mass is 10.0. The van der Waals surface area contributed by atoms with Crippen molar-refractivity contribution in [1.29, 1.82) is 0 Å². The van der Waals surface area contributed by atoms with E-state index in [0.29, 0.717) is 17.8 Å².